The quantitative estimate of drug-likeness (QED) is 0.835. The molecule has 1 aliphatic carbocycles. The van der Waals surface area contributed by atoms with Crippen molar-refractivity contribution in [3.8, 4) is 0 Å². The number of rotatable bonds is 4. The van der Waals surface area contributed by atoms with Crippen molar-refractivity contribution < 1.29 is 4.74 Å². The molecule has 112 valence electrons. The van der Waals surface area contributed by atoms with Crippen molar-refractivity contribution in [2.24, 2.45) is 23.2 Å². The fourth-order valence-electron chi connectivity index (χ4n) is 3.99. The van der Waals surface area contributed by atoms with Gasteiger partial charge in [0.15, 0.2) is 0 Å². The number of hydrogen-bond acceptors (Lipinski definition) is 2. The Bertz CT molecular complexity index is 266. The minimum Gasteiger partial charge on any atom is -0.381 e. The Hall–Kier alpha value is -0.0800. The SMILES string of the molecule is CC(C)NCC1CCC(C)(C)CC1C1CCCOC1. The molecule has 19 heavy (non-hydrogen) atoms. The monoisotopic (exact) mass is 267 g/mol. The van der Waals surface area contributed by atoms with Crippen molar-refractivity contribution in [2.75, 3.05) is 19.8 Å². The van der Waals surface area contributed by atoms with E-state index in [-0.39, 0.29) is 0 Å². The summed E-state index contributed by atoms with van der Waals surface area (Å²) in [5, 5.41) is 3.67. The predicted octanol–water partition coefficient (Wildman–Crippen LogP) is 3.85. The number of ether oxygens (including phenoxy) is 1. The first-order valence-electron chi connectivity index (χ1n) is 8.29. The van der Waals surface area contributed by atoms with Crippen LogP contribution in [0.2, 0.25) is 0 Å². The van der Waals surface area contributed by atoms with E-state index in [1.165, 1.54) is 38.6 Å². The summed E-state index contributed by atoms with van der Waals surface area (Å²) in [6.07, 6.45) is 6.84. The fourth-order valence-corrected chi connectivity index (χ4v) is 3.99. The van der Waals surface area contributed by atoms with Gasteiger partial charge in [-0.05, 0) is 61.8 Å². The molecule has 0 aromatic heterocycles. The molecule has 2 heteroatoms. The van der Waals surface area contributed by atoms with Crippen LogP contribution in [-0.4, -0.2) is 25.8 Å². The Morgan fingerprint density at radius 1 is 1.26 bits per heavy atom. The predicted molar refractivity (Wildman–Crippen MR) is 81.3 cm³/mol. The normalized spacial score (nSPS) is 35.5. The van der Waals surface area contributed by atoms with Gasteiger partial charge in [-0.15, -0.1) is 0 Å². The van der Waals surface area contributed by atoms with Gasteiger partial charge in [0, 0.05) is 19.3 Å². The second-order valence-corrected chi connectivity index (χ2v) is 7.87. The van der Waals surface area contributed by atoms with Crippen LogP contribution in [0.3, 0.4) is 0 Å². The highest BCUT2D eigenvalue weighted by Gasteiger charge is 2.39. The lowest BCUT2D eigenvalue weighted by molar-refractivity contribution is -0.0153. The Labute approximate surface area is 119 Å². The van der Waals surface area contributed by atoms with Gasteiger partial charge >= 0.3 is 0 Å². The second-order valence-electron chi connectivity index (χ2n) is 7.87. The van der Waals surface area contributed by atoms with Crippen molar-refractivity contribution in [1.29, 1.82) is 0 Å². The molecule has 0 aromatic carbocycles. The largest absolute Gasteiger partial charge is 0.381 e. The molecule has 0 bridgehead atoms. The molecule has 1 heterocycles. The van der Waals surface area contributed by atoms with E-state index >= 15 is 0 Å². The average Bonchev–Trinajstić information content (AvgIpc) is 2.37. The maximum atomic E-state index is 5.76. The topological polar surface area (TPSA) is 21.3 Å². The van der Waals surface area contributed by atoms with Crippen LogP contribution in [0.15, 0.2) is 0 Å². The molecule has 0 spiro atoms. The molecule has 2 fully saturated rings. The summed E-state index contributed by atoms with van der Waals surface area (Å²) in [4.78, 5) is 0. The molecule has 2 aliphatic rings. The zero-order chi connectivity index (χ0) is 13.9. The Morgan fingerprint density at radius 3 is 2.68 bits per heavy atom. The van der Waals surface area contributed by atoms with Gasteiger partial charge in [-0.25, -0.2) is 0 Å². The lowest BCUT2D eigenvalue weighted by atomic mass is 9.62. The maximum Gasteiger partial charge on any atom is 0.0497 e. The summed E-state index contributed by atoms with van der Waals surface area (Å²) in [6, 6.07) is 0.609. The van der Waals surface area contributed by atoms with Crippen LogP contribution in [0.4, 0.5) is 0 Å². The molecule has 1 saturated carbocycles. The molecule has 1 aliphatic heterocycles. The summed E-state index contributed by atoms with van der Waals surface area (Å²) in [6.45, 7) is 12.6. The highest BCUT2D eigenvalue weighted by atomic mass is 16.5. The summed E-state index contributed by atoms with van der Waals surface area (Å²) >= 11 is 0. The van der Waals surface area contributed by atoms with Gasteiger partial charge in [-0.1, -0.05) is 27.7 Å². The van der Waals surface area contributed by atoms with Gasteiger partial charge in [-0.3, -0.25) is 0 Å². The molecule has 1 saturated heterocycles. The maximum absolute atomic E-state index is 5.76. The lowest BCUT2D eigenvalue weighted by Crippen LogP contribution is -2.42. The molecule has 3 atom stereocenters. The highest BCUT2D eigenvalue weighted by Crippen LogP contribution is 2.46. The molecule has 0 aromatic rings. The number of nitrogens with one attached hydrogen (secondary N) is 1. The van der Waals surface area contributed by atoms with Gasteiger partial charge < -0.3 is 10.1 Å². The summed E-state index contributed by atoms with van der Waals surface area (Å²) < 4.78 is 5.76. The van der Waals surface area contributed by atoms with Crippen LogP contribution in [0, 0.1) is 23.2 Å². The molecule has 2 nitrogen and oxygen atoms in total. The van der Waals surface area contributed by atoms with E-state index in [2.05, 4.69) is 33.0 Å². The molecule has 3 unspecified atom stereocenters. The van der Waals surface area contributed by atoms with E-state index in [0.29, 0.717) is 11.5 Å². The average molecular weight is 267 g/mol. The van der Waals surface area contributed by atoms with Crippen molar-refractivity contribution in [3.05, 3.63) is 0 Å². The zero-order valence-corrected chi connectivity index (χ0v) is 13.4. The van der Waals surface area contributed by atoms with Gasteiger partial charge in [-0.2, -0.15) is 0 Å². The molecular weight excluding hydrogens is 234 g/mol. The minimum absolute atomic E-state index is 0.538. The van der Waals surface area contributed by atoms with Gasteiger partial charge in [0.25, 0.3) is 0 Å². The molecule has 0 radical (unpaired) electrons. The first-order valence-corrected chi connectivity index (χ1v) is 8.29. The summed E-state index contributed by atoms with van der Waals surface area (Å²) in [7, 11) is 0. The second kappa shape index (κ2) is 6.58. The lowest BCUT2D eigenvalue weighted by Gasteiger charge is -2.45. The van der Waals surface area contributed by atoms with E-state index in [1.54, 1.807) is 0 Å². The first-order chi connectivity index (χ1) is 8.98. The molecule has 0 amide bonds. The molecule has 2 rings (SSSR count). The summed E-state index contributed by atoms with van der Waals surface area (Å²) in [5.41, 5.74) is 0.538. The Balaban J connectivity index is 1.98. The van der Waals surface area contributed by atoms with Crippen LogP contribution in [0.1, 0.15) is 59.8 Å². The van der Waals surface area contributed by atoms with Gasteiger partial charge in [0.1, 0.15) is 0 Å². The Kier molecular flexibility index (Phi) is 5.30. The van der Waals surface area contributed by atoms with Gasteiger partial charge in [0.2, 0.25) is 0 Å². The third-order valence-corrected chi connectivity index (χ3v) is 5.17. The smallest absolute Gasteiger partial charge is 0.0497 e. The van der Waals surface area contributed by atoms with Crippen LogP contribution in [0.25, 0.3) is 0 Å². The van der Waals surface area contributed by atoms with Crippen molar-refractivity contribution >= 4 is 0 Å². The fraction of sp³-hybridized carbons (Fsp3) is 1.00. The number of hydrogen-bond donors (Lipinski definition) is 1. The van der Waals surface area contributed by atoms with Crippen molar-refractivity contribution in [3.63, 3.8) is 0 Å². The van der Waals surface area contributed by atoms with Crippen LogP contribution >= 0.6 is 0 Å². The Morgan fingerprint density at radius 2 is 2.05 bits per heavy atom. The van der Waals surface area contributed by atoms with Crippen LogP contribution < -0.4 is 5.32 Å². The van der Waals surface area contributed by atoms with Crippen molar-refractivity contribution in [2.45, 2.75) is 65.8 Å². The summed E-state index contributed by atoms with van der Waals surface area (Å²) in [5.74, 6) is 2.55. The van der Waals surface area contributed by atoms with Crippen LogP contribution in [0.5, 0.6) is 0 Å². The van der Waals surface area contributed by atoms with Gasteiger partial charge in [0.05, 0.1) is 0 Å². The highest BCUT2D eigenvalue weighted by molar-refractivity contribution is 4.90. The third kappa shape index (κ3) is 4.46. The zero-order valence-electron chi connectivity index (χ0n) is 13.4. The standard InChI is InChI=1S/C17H33NO/c1-13(2)18-11-14-7-8-17(3,4)10-16(14)15-6-5-9-19-12-15/h13-16,18H,5-12H2,1-4H3. The first kappa shape index (κ1) is 15.3. The molecule has 1 N–H and O–H groups in total. The molecular formula is C17H33NO. The van der Waals surface area contributed by atoms with E-state index in [1.807, 2.05) is 0 Å². The van der Waals surface area contributed by atoms with E-state index < -0.39 is 0 Å². The van der Waals surface area contributed by atoms with E-state index in [9.17, 15) is 0 Å². The van der Waals surface area contributed by atoms with E-state index in [4.69, 9.17) is 4.74 Å². The van der Waals surface area contributed by atoms with E-state index in [0.717, 1.165) is 31.0 Å². The van der Waals surface area contributed by atoms with Crippen LogP contribution in [-0.2, 0) is 4.74 Å². The minimum atomic E-state index is 0.538. The third-order valence-electron chi connectivity index (χ3n) is 5.17. The van der Waals surface area contributed by atoms with Crippen molar-refractivity contribution in [1.82, 2.24) is 5.32 Å².